The van der Waals surface area contributed by atoms with E-state index < -0.39 is 0 Å². The lowest BCUT2D eigenvalue weighted by Crippen LogP contribution is -2.37. The Bertz CT molecular complexity index is 493. The van der Waals surface area contributed by atoms with Gasteiger partial charge in [-0.25, -0.2) is 0 Å². The number of nitrogens with one attached hydrogen (secondary N) is 1. The highest BCUT2D eigenvalue weighted by Crippen LogP contribution is 2.34. The van der Waals surface area contributed by atoms with Crippen LogP contribution >= 0.6 is 0 Å². The standard InChI is InChI=1S/C17H23NO3/c1-20-13-7-12(8-14(10-13)21-2)17(19)16-9-11-5-3-4-6-15(11)18-16/h7-8,10-11,15-16,18H,3-6,9H2,1-2H3. The van der Waals surface area contributed by atoms with Crippen LogP contribution in [0.1, 0.15) is 42.5 Å². The van der Waals surface area contributed by atoms with Gasteiger partial charge in [-0.15, -0.1) is 0 Å². The van der Waals surface area contributed by atoms with E-state index in [9.17, 15) is 4.79 Å². The Morgan fingerprint density at radius 2 is 1.76 bits per heavy atom. The molecule has 4 nitrogen and oxygen atoms in total. The summed E-state index contributed by atoms with van der Waals surface area (Å²) in [7, 11) is 3.21. The van der Waals surface area contributed by atoms with E-state index in [0.717, 1.165) is 6.42 Å². The monoisotopic (exact) mass is 289 g/mol. The van der Waals surface area contributed by atoms with Gasteiger partial charge in [0.2, 0.25) is 0 Å². The summed E-state index contributed by atoms with van der Waals surface area (Å²) in [6, 6.07) is 5.86. The van der Waals surface area contributed by atoms with Crippen LogP contribution < -0.4 is 14.8 Å². The molecule has 1 aliphatic carbocycles. The van der Waals surface area contributed by atoms with Crippen molar-refractivity contribution in [2.75, 3.05) is 14.2 Å². The number of ether oxygens (including phenoxy) is 2. The third-order valence-corrected chi connectivity index (χ3v) is 4.82. The molecule has 1 saturated heterocycles. The first-order valence-corrected chi connectivity index (χ1v) is 7.74. The third kappa shape index (κ3) is 2.91. The maximum absolute atomic E-state index is 12.8. The molecule has 1 saturated carbocycles. The average molecular weight is 289 g/mol. The smallest absolute Gasteiger partial charge is 0.180 e. The Labute approximate surface area is 125 Å². The topological polar surface area (TPSA) is 47.6 Å². The summed E-state index contributed by atoms with van der Waals surface area (Å²) >= 11 is 0. The lowest BCUT2D eigenvalue weighted by Gasteiger charge is -2.24. The zero-order valence-electron chi connectivity index (χ0n) is 12.7. The Morgan fingerprint density at radius 1 is 1.10 bits per heavy atom. The molecule has 1 heterocycles. The van der Waals surface area contributed by atoms with Crippen molar-refractivity contribution in [1.82, 2.24) is 5.32 Å². The number of carbonyl (C=O) groups is 1. The van der Waals surface area contributed by atoms with Gasteiger partial charge in [0.1, 0.15) is 11.5 Å². The zero-order valence-corrected chi connectivity index (χ0v) is 12.7. The highest BCUT2D eigenvalue weighted by Gasteiger charge is 2.38. The van der Waals surface area contributed by atoms with Gasteiger partial charge in [-0.1, -0.05) is 12.8 Å². The van der Waals surface area contributed by atoms with E-state index in [1.54, 1.807) is 32.4 Å². The molecule has 3 rings (SSSR count). The minimum absolute atomic E-state index is 0.0603. The number of carbonyl (C=O) groups excluding carboxylic acids is 1. The molecule has 1 aromatic rings. The Hall–Kier alpha value is -1.55. The molecule has 1 aliphatic heterocycles. The van der Waals surface area contributed by atoms with Gasteiger partial charge in [0.05, 0.1) is 20.3 Å². The predicted molar refractivity (Wildman–Crippen MR) is 81.2 cm³/mol. The van der Waals surface area contributed by atoms with Crippen molar-refractivity contribution in [3.05, 3.63) is 23.8 Å². The van der Waals surface area contributed by atoms with Crippen molar-refractivity contribution < 1.29 is 14.3 Å². The molecule has 1 aromatic carbocycles. The van der Waals surface area contributed by atoms with Crippen molar-refractivity contribution in [2.24, 2.45) is 5.92 Å². The summed E-state index contributed by atoms with van der Waals surface area (Å²) in [6.45, 7) is 0. The fourth-order valence-corrected chi connectivity index (χ4v) is 3.67. The van der Waals surface area contributed by atoms with E-state index >= 15 is 0 Å². The summed E-state index contributed by atoms with van der Waals surface area (Å²) in [5.41, 5.74) is 0.669. The maximum Gasteiger partial charge on any atom is 0.180 e. The van der Waals surface area contributed by atoms with Crippen LogP contribution in [0.2, 0.25) is 0 Å². The van der Waals surface area contributed by atoms with Gasteiger partial charge in [0.15, 0.2) is 5.78 Å². The Morgan fingerprint density at radius 3 is 2.38 bits per heavy atom. The summed E-state index contributed by atoms with van der Waals surface area (Å²) in [6.07, 6.45) is 6.00. The van der Waals surface area contributed by atoms with Crippen LogP contribution in [0.3, 0.4) is 0 Å². The molecule has 2 aliphatic rings. The summed E-state index contributed by atoms with van der Waals surface area (Å²) in [5, 5.41) is 3.53. The number of ketones is 1. The van der Waals surface area contributed by atoms with Gasteiger partial charge in [-0.05, 0) is 37.3 Å². The molecule has 0 amide bonds. The van der Waals surface area contributed by atoms with Crippen LogP contribution in [-0.4, -0.2) is 32.1 Å². The van der Waals surface area contributed by atoms with Crippen LogP contribution in [0.4, 0.5) is 0 Å². The second-order valence-corrected chi connectivity index (χ2v) is 6.07. The number of benzene rings is 1. The van der Waals surface area contributed by atoms with Gasteiger partial charge in [-0.2, -0.15) is 0 Å². The van der Waals surface area contributed by atoms with Gasteiger partial charge >= 0.3 is 0 Å². The third-order valence-electron chi connectivity index (χ3n) is 4.82. The predicted octanol–water partition coefficient (Wildman–Crippen LogP) is 2.81. The number of hydrogen-bond acceptors (Lipinski definition) is 4. The number of hydrogen-bond donors (Lipinski definition) is 1. The molecule has 0 bridgehead atoms. The van der Waals surface area contributed by atoms with Crippen molar-refractivity contribution in [1.29, 1.82) is 0 Å². The van der Waals surface area contributed by atoms with E-state index in [1.165, 1.54) is 25.7 Å². The molecule has 0 radical (unpaired) electrons. The maximum atomic E-state index is 12.8. The van der Waals surface area contributed by atoms with E-state index in [0.29, 0.717) is 29.0 Å². The molecule has 3 unspecified atom stereocenters. The lowest BCUT2D eigenvalue weighted by molar-refractivity contribution is 0.0948. The van der Waals surface area contributed by atoms with Crippen LogP contribution in [0.15, 0.2) is 18.2 Å². The summed E-state index contributed by atoms with van der Waals surface area (Å²) in [5.74, 6) is 2.14. The normalized spacial score (nSPS) is 28.0. The molecule has 114 valence electrons. The molecular formula is C17H23NO3. The van der Waals surface area contributed by atoms with E-state index in [4.69, 9.17) is 9.47 Å². The van der Waals surface area contributed by atoms with Crippen molar-refractivity contribution in [3.8, 4) is 11.5 Å². The van der Waals surface area contributed by atoms with Gasteiger partial charge in [0, 0.05) is 17.7 Å². The van der Waals surface area contributed by atoms with Gasteiger partial charge < -0.3 is 14.8 Å². The summed E-state index contributed by atoms with van der Waals surface area (Å²) in [4.78, 5) is 12.8. The molecule has 2 fully saturated rings. The number of rotatable bonds is 4. The molecule has 1 N–H and O–H groups in total. The van der Waals surface area contributed by atoms with Crippen molar-refractivity contribution in [3.63, 3.8) is 0 Å². The molecule has 21 heavy (non-hydrogen) atoms. The number of fused-ring (bicyclic) bond motifs is 1. The van der Waals surface area contributed by atoms with Crippen LogP contribution in [-0.2, 0) is 0 Å². The first-order chi connectivity index (χ1) is 10.2. The fraction of sp³-hybridized carbons (Fsp3) is 0.588. The Balaban J connectivity index is 1.79. The van der Waals surface area contributed by atoms with Gasteiger partial charge in [-0.3, -0.25) is 4.79 Å². The van der Waals surface area contributed by atoms with E-state index in [1.807, 2.05) is 0 Å². The molecule has 0 spiro atoms. The quantitative estimate of drug-likeness (QED) is 0.866. The van der Waals surface area contributed by atoms with Crippen LogP contribution in [0.25, 0.3) is 0 Å². The average Bonchev–Trinajstić information content (AvgIpc) is 2.97. The highest BCUT2D eigenvalue weighted by atomic mass is 16.5. The number of methoxy groups -OCH3 is 2. The minimum atomic E-state index is -0.0603. The van der Waals surface area contributed by atoms with Crippen molar-refractivity contribution >= 4 is 5.78 Å². The highest BCUT2D eigenvalue weighted by molar-refractivity contribution is 6.01. The number of Topliss-reactive ketones (excluding diaryl/α,β-unsaturated/α-hetero) is 1. The summed E-state index contributed by atoms with van der Waals surface area (Å²) < 4.78 is 10.5. The first kappa shape index (κ1) is 14.4. The fourth-order valence-electron chi connectivity index (χ4n) is 3.67. The van der Waals surface area contributed by atoms with Crippen LogP contribution in [0, 0.1) is 5.92 Å². The van der Waals surface area contributed by atoms with E-state index in [-0.39, 0.29) is 11.8 Å². The largest absolute Gasteiger partial charge is 0.497 e. The van der Waals surface area contributed by atoms with E-state index in [2.05, 4.69) is 5.32 Å². The minimum Gasteiger partial charge on any atom is -0.497 e. The second kappa shape index (κ2) is 6.06. The molecular weight excluding hydrogens is 266 g/mol. The van der Waals surface area contributed by atoms with Crippen molar-refractivity contribution in [2.45, 2.75) is 44.2 Å². The molecule has 3 atom stereocenters. The lowest BCUT2D eigenvalue weighted by atomic mass is 9.84. The van der Waals surface area contributed by atoms with Crippen LogP contribution in [0.5, 0.6) is 11.5 Å². The zero-order chi connectivity index (χ0) is 14.8. The second-order valence-electron chi connectivity index (χ2n) is 6.07. The SMILES string of the molecule is COc1cc(OC)cc(C(=O)C2CC3CCCCC3N2)c1. The first-order valence-electron chi connectivity index (χ1n) is 7.74. The van der Waals surface area contributed by atoms with Gasteiger partial charge in [0.25, 0.3) is 0 Å². The Kier molecular flexibility index (Phi) is 4.15. The molecule has 0 aromatic heterocycles. The molecule has 4 heteroatoms.